The molecule has 0 aliphatic rings. The SMILES string of the molecule is c1ccc(-c2cccc(-c3nc(-c4ccc5c6ccccc6n(-c6ccccc6)c5c4)nc(-c4cc(-n5c6ccccc6c6cc7ccccc7cc65)cc5ccccc45)n3)c2)cc1. The summed E-state index contributed by atoms with van der Waals surface area (Å²) in [6.45, 7) is 0. The fraction of sp³-hybridized carbons (Fsp3) is 0. The molecule has 13 rings (SSSR count). The lowest BCUT2D eigenvalue weighted by atomic mass is 10.0. The Kier molecular flexibility index (Phi) is 8.15. The average Bonchev–Trinajstić information content (AvgIpc) is 3.87. The standard InChI is InChI=1S/C59H37N5/c1-3-16-38(17-4-1)39-21-15-22-43(32-39)57-60-58(44-30-31-50-48-26-11-13-28-53(48)63(55(50)36-44)45-23-5-2-6-24-45)62-59(61-57)52-37-46(33-42-20-9-10-25-47(42)52)64-54-29-14-12-27-49(54)51-34-40-18-7-8-19-41(40)35-56(51)64/h1-37H. The molecule has 298 valence electrons. The molecule has 0 amide bonds. The van der Waals surface area contributed by atoms with E-state index in [0.29, 0.717) is 17.5 Å². The Bertz CT molecular complexity index is 3960. The molecule has 0 aliphatic carbocycles. The number of benzene rings is 10. The maximum Gasteiger partial charge on any atom is 0.164 e. The van der Waals surface area contributed by atoms with Gasteiger partial charge in [0, 0.05) is 49.6 Å². The van der Waals surface area contributed by atoms with Crippen LogP contribution < -0.4 is 0 Å². The smallest absolute Gasteiger partial charge is 0.164 e. The van der Waals surface area contributed by atoms with E-state index in [1.165, 1.54) is 32.3 Å². The summed E-state index contributed by atoms with van der Waals surface area (Å²) in [7, 11) is 0. The summed E-state index contributed by atoms with van der Waals surface area (Å²) in [5.74, 6) is 1.83. The van der Waals surface area contributed by atoms with Crippen LogP contribution >= 0.6 is 0 Å². The molecule has 0 saturated heterocycles. The van der Waals surface area contributed by atoms with Crippen molar-refractivity contribution in [1.29, 1.82) is 0 Å². The summed E-state index contributed by atoms with van der Waals surface area (Å²) in [5, 5.41) is 9.40. The molecule has 0 atom stereocenters. The minimum absolute atomic E-state index is 0.606. The topological polar surface area (TPSA) is 48.5 Å². The summed E-state index contributed by atoms with van der Waals surface area (Å²) in [4.78, 5) is 16.2. The van der Waals surface area contributed by atoms with Gasteiger partial charge in [-0.1, -0.05) is 164 Å². The Morgan fingerprint density at radius 2 is 0.766 bits per heavy atom. The van der Waals surface area contributed by atoms with Crippen LogP contribution in [0.4, 0.5) is 0 Å². The highest BCUT2D eigenvalue weighted by Gasteiger charge is 2.20. The van der Waals surface area contributed by atoms with Crippen molar-refractivity contribution in [3.63, 3.8) is 0 Å². The molecule has 5 nitrogen and oxygen atoms in total. The fourth-order valence-corrected chi connectivity index (χ4v) is 9.73. The maximum atomic E-state index is 5.44. The first kappa shape index (κ1) is 36.0. The molecule has 0 fully saturated rings. The van der Waals surface area contributed by atoms with E-state index >= 15 is 0 Å². The van der Waals surface area contributed by atoms with Gasteiger partial charge >= 0.3 is 0 Å². The molecule has 0 N–H and O–H groups in total. The zero-order chi connectivity index (χ0) is 42.1. The number of para-hydroxylation sites is 3. The lowest BCUT2D eigenvalue weighted by Gasteiger charge is -2.15. The van der Waals surface area contributed by atoms with Crippen LogP contribution in [0.15, 0.2) is 224 Å². The van der Waals surface area contributed by atoms with Gasteiger partial charge in [0.05, 0.1) is 22.1 Å². The van der Waals surface area contributed by atoms with Gasteiger partial charge in [-0.15, -0.1) is 0 Å². The molecule has 5 heteroatoms. The molecule has 0 bridgehead atoms. The van der Waals surface area contributed by atoms with Crippen molar-refractivity contribution in [1.82, 2.24) is 24.1 Å². The van der Waals surface area contributed by atoms with Gasteiger partial charge in [-0.25, -0.2) is 15.0 Å². The highest BCUT2D eigenvalue weighted by Crippen LogP contribution is 2.40. The van der Waals surface area contributed by atoms with Crippen molar-refractivity contribution in [3.8, 4) is 56.7 Å². The lowest BCUT2D eigenvalue weighted by molar-refractivity contribution is 1.07. The van der Waals surface area contributed by atoms with Gasteiger partial charge in [0.25, 0.3) is 0 Å². The first-order valence-electron chi connectivity index (χ1n) is 21.7. The highest BCUT2D eigenvalue weighted by molar-refractivity contribution is 6.14. The third-order valence-electron chi connectivity index (χ3n) is 12.7. The Balaban J connectivity index is 1.08. The molecule has 64 heavy (non-hydrogen) atoms. The van der Waals surface area contributed by atoms with Crippen molar-refractivity contribution in [2.75, 3.05) is 0 Å². The van der Waals surface area contributed by atoms with Gasteiger partial charge in [-0.05, 0) is 93.3 Å². The summed E-state index contributed by atoms with van der Waals surface area (Å²) < 4.78 is 4.74. The average molecular weight is 816 g/mol. The van der Waals surface area contributed by atoms with Crippen molar-refractivity contribution in [2.45, 2.75) is 0 Å². The van der Waals surface area contributed by atoms with Crippen molar-refractivity contribution < 1.29 is 0 Å². The van der Waals surface area contributed by atoms with E-state index in [2.05, 4.69) is 228 Å². The number of hydrogen-bond donors (Lipinski definition) is 0. The Morgan fingerprint density at radius 3 is 1.52 bits per heavy atom. The second-order valence-corrected chi connectivity index (χ2v) is 16.5. The second-order valence-electron chi connectivity index (χ2n) is 16.5. The minimum atomic E-state index is 0.606. The largest absolute Gasteiger partial charge is 0.309 e. The molecule has 0 aliphatic heterocycles. The maximum absolute atomic E-state index is 5.44. The molecule has 0 radical (unpaired) electrons. The molecule has 3 heterocycles. The summed E-state index contributed by atoms with van der Waals surface area (Å²) in [6.07, 6.45) is 0. The van der Waals surface area contributed by atoms with Crippen molar-refractivity contribution in [3.05, 3.63) is 224 Å². The van der Waals surface area contributed by atoms with Gasteiger partial charge < -0.3 is 9.13 Å². The first-order valence-corrected chi connectivity index (χ1v) is 21.7. The van der Waals surface area contributed by atoms with E-state index in [1.54, 1.807) is 0 Å². The molecule has 3 aromatic heterocycles. The van der Waals surface area contributed by atoms with Crippen LogP contribution in [-0.4, -0.2) is 24.1 Å². The minimum Gasteiger partial charge on any atom is -0.309 e. The zero-order valence-corrected chi connectivity index (χ0v) is 34.6. The lowest BCUT2D eigenvalue weighted by Crippen LogP contribution is -2.02. The van der Waals surface area contributed by atoms with Crippen LogP contribution in [0, 0.1) is 0 Å². The molecule has 13 aromatic rings. The third kappa shape index (κ3) is 5.83. The van der Waals surface area contributed by atoms with Crippen LogP contribution in [0.2, 0.25) is 0 Å². The third-order valence-corrected chi connectivity index (χ3v) is 12.7. The molecule has 10 aromatic carbocycles. The number of rotatable bonds is 6. The van der Waals surface area contributed by atoms with Crippen LogP contribution in [-0.2, 0) is 0 Å². The second kappa shape index (κ2) is 14.5. The molecule has 0 unspecified atom stereocenters. The number of nitrogens with zero attached hydrogens (tertiary/aromatic N) is 5. The molecule has 0 spiro atoms. The predicted molar refractivity (Wildman–Crippen MR) is 265 cm³/mol. The van der Waals surface area contributed by atoms with Crippen LogP contribution in [0.5, 0.6) is 0 Å². The Hall–Kier alpha value is -8.67. The van der Waals surface area contributed by atoms with Gasteiger partial charge in [0.15, 0.2) is 17.5 Å². The number of aromatic nitrogens is 5. The molecular weight excluding hydrogens is 779 g/mol. The normalized spacial score (nSPS) is 11.8. The fourth-order valence-electron chi connectivity index (χ4n) is 9.73. The van der Waals surface area contributed by atoms with E-state index in [4.69, 9.17) is 15.0 Å². The van der Waals surface area contributed by atoms with E-state index in [9.17, 15) is 0 Å². The van der Waals surface area contributed by atoms with Gasteiger partial charge in [-0.3, -0.25) is 0 Å². The van der Waals surface area contributed by atoms with Crippen LogP contribution in [0.3, 0.4) is 0 Å². The van der Waals surface area contributed by atoms with Gasteiger partial charge in [0.1, 0.15) is 0 Å². The number of hydrogen-bond acceptors (Lipinski definition) is 3. The molecular formula is C59H37N5. The highest BCUT2D eigenvalue weighted by atomic mass is 15.0. The summed E-state index contributed by atoms with van der Waals surface area (Å²) >= 11 is 0. The summed E-state index contributed by atoms with van der Waals surface area (Å²) in [5.41, 5.74) is 11.7. The Morgan fingerprint density at radius 1 is 0.250 bits per heavy atom. The first-order chi connectivity index (χ1) is 31.7. The monoisotopic (exact) mass is 815 g/mol. The summed E-state index contributed by atoms with van der Waals surface area (Å²) in [6, 6.07) is 79.9. The van der Waals surface area contributed by atoms with Crippen molar-refractivity contribution >= 4 is 65.2 Å². The zero-order valence-electron chi connectivity index (χ0n) is 34.6. The van der Waals surface area contributed by atoms with Crippen LogP contribution in [0.1, 0.15) is 0 Å². The van der Waals surface area contributed by atoms with Crippen molar-refractivity contribution in [2.24, 2.45) is 0 Å². The number of fused-ring (bicyclic) bond motifs is 8. The van der Waals surface area contributed by atoms with Crippen LogP contribution in [0.25, 0.3) is 122 Å². The van der Waals surface area contributed by atoms with Gasteiger partial charge in [-0.2, -0.15) is 0 Å². The van der Waals surface area contributed by atoms with E-state index < -0.39 is 0 Å². The van der Waals surface area contributed by atoms with E-state index in [0.717, 1.165) is 72.0 Å². The quantitative estimate of drug-likeness (QED) is 0.168. The van der Waals surface area contributed by atoms with E-state index in [1.807, 2.05) is 6.07 Å². The van der Waals surface area contributed by atoms with E-state index in [-0.39, 0.29) is 0 Å². The molecule has 0 saturated carbocycles. The predicted octanol–water partition coefficient (Wildman–Crippen LogP) is 15.0. The van der Waals surface area contributed by atoms with Gasteiger partial charge in [0.2, 0.25) is 0 Å². The Labute approximate surface area is 368 Å².